The van der Waals surface area contributed by atoms with Crippen LogP contribution in [-0.2, 0) is 4.79 Å². The second-order valence-electron chi connectivity index (χ2n) is 6.96. The molecule has 30 heavy (non-hydrogen) atoms. The van der Waals surface area contributed by atoms with E-state index in [-0.39, 0.29) is 18.4 Å². The minimum absolute atomic E-state index is 0.158. The summed E-state index contributed by atoms with van der Waals surface area (Å²) in [5.41, 5.74) is 4.67. The smallest absolute Gasteiger partial charge is 0.259 e. The van der Waals surface area contributed by atoms with Gasteiger partial charge in [-0.25, -0.2) is 4.98 Å². The Bertz CT molecular complexity index is 1240. The van der Waals surface area contributed by atoms with Crippen molar-refractivity contribution >= 4 is 39.9 Å². The number of anilines is 1. The molecule has 2 amide bonds. The first kappa shape index (κ1) is 19.8. The molecule has 8 heteroatoms. The van der Waals surface area contributed by atoms with E-state index in [1.807, 2.05) is 49.6 Å². The third kappa shape index (κ3) is 3.81. The highest BCUT2D eigenvalue weighted by Crippen LogP contribution is 2.29. The molecule has 0 bridgehead atoms. The lowest BCUT2D eigenvalue weighted by Gasteiger charge is -2.11. The molecular weight excluding hydrogens is 400 g/mol. The quantitative estimate of drug-likeness (QED) is 0.503. The maximum Gasteiger partial charge on any atom is 0.259 e. The van der Waals surface area contributed by atoms with E-state index in [0.29, 0.717) is 28.1 Å². The summed E-state index contributed by atoms with van der Waals surface area (Å²) in [5, 5.41) is 11.9. The van der Waals surface area contributed by atoms with Gasteiger partial charge >= 0.3 is 0 Å². The number of pyridine rings is 1. The standard InChI is InChI=1S/C22H20N4O3S/c1-12-6-4-7-16(13(12)2)24-19(27)11-23-21(28)15-10-17(18-8-5-9-30-18)25-22-20(15)14(3)26-29-22/h4-10H,11H2,1-3H3,(H,23,28)(H,24,27). The predicted molar refractivity (Wildman–Crippen MR) is 117 cm³/mol. The van der Waals surface area contributed by atoms with E-state index in [1.165, 1.54) is 11.3 Å². The van der Waals surface area contributed by atoms with Crippen molar-refractivity contribution in [1.29, 1.82) is 0 Å². The maximum absolute atomic E-state index is 12.9. The summed E-state index contributed by atoms with van der Waals surface area (Å²) >= 11 is 1.51. The van der Waals surface area contributed by atoms with Crippen molar-refractivity contribution in [3.8, 4) is 10.6 Å². The van der Waals surface area contributed by atoms with Crippen molar-refractivity contribution in [1.82, 2.24) is 15.5 Å². The van der Waals surface area contributed by atoms with Gasteiger partial charge in [-0.05, 0) is 55.5 Å². The van der Waals surface area contributed by atoms with E-state index < -0.39 is 0 Å². The van der Waals surface area contributed by atoms with Gasteiger partial charge in [0.05, 0.1) is 33.8 Å². The minimum Gasteiger partial charge on any atom is -0.343 e. The first-order valence-electron chi connectivity index (χ1n) is 9.39. The van der Waals surface area contributed by atoms with Crippen LogP contribution in [0, 0.1) is 20.8 Å². The molecule has 0 saturated heterocycles. The van der Waals surface area contributed by atoms with Crippen LogP contribution in [0.5, 0.6) is 0 Å². The largest absolute Gasteiger partial charge is 0.343 e. The average Bonchev–Trinajstić information content (AvgIpc) is 3.39. The molecule has 7 nitrogen and oxygen atoms in total. The Kier molecular flexibility index (Phi) is 5.33. The highest BCUT2D eigenvalue weighted by atomic mass is 32.1. The maximum atomic E-state index is 12.9. The molecule has 0 aliphatic carbocycles. The van der Waals surface area contributed by atoms with Crippen molar-refractivity contribution in [3.63, 3.8) is 0 Å². The van der Waals surface area contributed by atoms with E-state index in [4.69, 9.17) is 4.52 Å². The fourth-order valence-electron chi connectivity index (χ4n) is 3.16. The van der Waals surface area contributed by atoms with Crippen molar-refractivity contribution in [2.45, 2.75) is 20.8 Å². The first-order valence-corrected chi connectivity index (χ1v) is 10.3. The lowest BCUT2D eigenvalue weighted by atomic mass is 10.1. The number of hydrogen-bond donors (Lipinski definition) is 2. The molecule has 0 unspecified atom stereocenters. The van der Waals surface area contributed by atoms with Gasteiger partial charge in [0.25, 0.3) is 11.6 Å². The number of carbonyl (C=O) groups is 2. The molecule has 0 aliphatic heterocycles. The van der Waals surface area contributed by atoms with Gasteiger partial charge in [-0.2, -0.15) is 0 Å². The Morgan fingerprint density at radius 2 is 1.97 bits per heavy atom. The Morgan fingerprint density at radius 3 is 2.73 bits per heavy atom. The van der Waals surface area contributed by atoms with Gasteiger partial charge in [-0.1, -0.05) is 23.4 Å². The van der Waals surface area contributed by atoms with Crippen LogP contribution in [0.3, 0.4) is 0 Å². The van der Waals surface area contributed by atoms with Crippen molar-refractivity contribution in [2.24, 2.45) is 0 Å². The van der Waals surface area contributed by atoms with Crippen LogP contribution in [-0.4, -0.2) is 28.5 Å². The molecule has 3 heterocycles. The van der Waals surface area contributed by atoms with Crippen LogP contribution >= 0.6 is 11.3 Å². The second-order valence-corrected chi connectivity index (χ2v) is 7.91. The zero-order valence-electron chi connectivity index (χ0n) is 16.8. The van der Waals surface area contributed by atoms with Gasteiger partial charge < -0.3 is 15.2 Å². The summed E-state index contributed by atoms with van der Waals surface area (Å²) < 4.78 is 5.29. The van der Waals surface area contributed by atoms with Crippen LogP contribution in [0.25, 0.3) is 21.7 Å². The SMILES string of the molecule is Cc1cccc(NC(=O)CNC(=O)c2cc(-c3cccs3)nc3onc(C)c23)c1C. The van der Waals surface area contributed by atoms with Crippen molar-refractivity contribution in [3.05, 3.63) is 64.2 Å². The Balaban J connectivity index is 1.55. The Labute approximate surface area is 177 Å². The minimum atomic E-state index is -0.386. The molecule has 4 rings (SSSR count). The molecule has 3 aromatic heterocycles. The van der Waals surface area contributed by atoms with Gasteiger partial charge in [0.15, 0.2) is 0 Å². The van der Waals surface area contributed by atoms with Gasteiger partial charge in [0.2, 0.25) is 5.91 Å². The van der Waals surface area contributed by atoms with Crippen LogP contribution in [0.4, 0.5) is 5.69 Å². The second kappa shape index (κ2) is 8.08. The van der Waals surface area contributed by atoms with Crippen LogP contribution < -0.4 is 10.6 Å². The summed E-state index contributed by atoms with van der Waals surface area (Å²) in [7, 11) is 0. The number of nitrogens with zero attached hydrogens (tertiary/aromatic N) is 2. The predicted octanol–water partition coefficient (Wildman–Crippen LogP) is 4.25. The molecule has 2 N–H and O–H groups in total. The highest BCUT2D eigenvalue weighted by molar-refractivity contribution is 7.13. The molecule has 0 fully saturated rings. The van der Waals surface area contributed by atoms with Gasteiger partial charge in [-0.3, -0.25) is 9.59 Å². The number of aryl methyl sites for hydroxylation is 2. The molecule has 0 atom stereocenters. The van der Waals surface area contributed by atoms with Crippen LogP contribution in [0.1, 0.15) is 27.2 Å². The third-order valence-electron chi connectivity index (χ3n) is 4.92. The summed E-state index contributed by atoms with van der Waals surface area (Å²) in [6.45, 7) is 5.52. The number of thiophene rings is 1. The molecule has 1 aromatic carbocycles. The number of benzene rings is 1. The fourth-order valence-corrected chi connectivity index (χ4v) is 3.85. The molecule has 0 saturated carbocycles. The monoisotopic (exact) mass is 420 g/mol. The van der Waals surface area contributed by atoms with E-state index >= 15 is 0 Å². The zero-order chi connectivity index (χ0) is 21.3. The Morgan fingerprint density at radius 1 is 1.13 bits per heavy atom. The summed E-state index contributed by atoms with van der Waals surface area (Å²) in [4.78, 5) is 30.7. The lowest BCUT2D eigenvalue weighted by molar-refractivity contribution is -0.115. The van der Waals surface area contributed by atoms with E-state index in [9.17, 15) is 9.59 Å². The summed E-state index contributed by atoms with van der Waals surface area (Å²) in [5.74, 6) is -0.689. The van der Waals surface area contributed by atoms with Gasteiger partial charge in [0.1, 0.15) is 0 Å². The van der Waals surface area contributed by atoms with E-state index in [1.54, 1.807) is 13.0 Å². The number of fused-ring (bicyclic) bond motifs is 1. The number of nitrogens with one attached hydrogen (secondary N) is 2. The average molecular weight is 420 g/mol. The first-order chi connectivity index (χ1) is 14.4. The van der Waals surface area contributed by atoms with E-state index in [2.05, 4.69) is 20.8 Å². The molecule has 152 valence electrons. The highest BCUT2D eigenvalue weighted by Gasteiger charge is 2.20. The molecular formula is C22H20N4O3S. The number of hydrogen-bond acceptors (Lipinski definition) is 6. The lowest BCUT2D eigenvalue weighted by Crippen LogP contribution is -2.33. The zero-order valence-corrected chi connectivity index (χ0v) is 17.6. The van der Waals surface area contributed by atoms with Gasteiger partial charge in [-0.15, -0.1) is 11.3 Å². The van der Waals surface area contributed by atoms with Gasteiger partial charge in [0, 0.05) is 5.69 Å². The van der Waals surface area contributed by atoms with Crippen LogP contribution in [0.15, 0.2) is 46.3 Å². The fraction of sp³-hybridized carbons (Fsp3) is 0.182. The van der Waals surface area contributed by atoms with E-state index in [0.717, 1.165) is 21.7 Å². The molecule has 4 aromatic rings. The number of rotatable bonds is 5. The molecule has 0 aliphatic rings. The van der Waals surface area contributed by atoms with Crippen molar-refractivity contribution in [2.75, 3.05) is 11.9 Å². The molecule has 0 radical (unpaired) electrons. The normalized spacial score (nSPS) is 10.9. The topological polar surface area (TPSA) is 97.1 Å². The number of carbonyl (C=O) groups excluding carboxylic acids is 2. The number of aromatic nitrogens is 2. The summed E-state index contributed by atoms with van der Waals surface area (Å²) in [6.07, 6.45) is 0. The number of amides is 2. The van der Waals surface area contributed by atoms with Crippen molar-refractivity contribution < 1.29 is 14.1 Å². The third-order valence-corrected chi connectivity index (χ3v) is 5.82. The van der Waals surface area contributed by atoms with Crippen LogP contribution in [0.2, 0.25) is 0 Å². The molecule has 0 spiro atoms. The Hall–Kier alpha value is -3.52. The summed E-state index contributed by atoms with van der Waals surface area (Å²) in [6, 6.07) is 11.2.